The van der Waals surface area contributed by atoms with Gasteiger partial charge in [-0.2, -0.15) is 4.31 Å². The predicted molar refractivity (Wildman–Crippen MR) is 80.2 cm³/mol. The van der Waals surface area contributed by atoms with E-state index < -0.39 is 10.0 Å². The van der Waals surface area contributed by atoms with Crippen molar-refractivity contribution in [2.75, 3.05) is 13.2 Å². The van der Waals surface area contributed by atoms with Gasteiger partial charge in [-0.25, -0.2) is 8.42 Å². The van der Waals surface area contributed by atoms with Crippen LogP contribution in [-0.2, 0) is 21.4 Å². The Balaban J connectivity index is 1.53. The molecule has 21 heavy (non-hydrogen) atoms. The summed E-state index contributed by atoms with van der Waals surface area (Å²) in [5, 5.41) is 0. The van der Waals surface area contributed by atoms with Crippen molar-refractivity contribution in [2.45, 2.75) is 17.5 Å². The molecule has 1 heterocycles. The zero-order valence-electron chi connectivity index (χ0n) is 11.6. The fourth-order valence-corrected chi connectivity index (χ4v) is 3.80. The molecular formula is C16H17NO3S. The molecule has 2 aromatic rings. The van der Waals surface area contributed by atoms with E-state index in [2.05, 4.69) is 0 Å². The summed E-state index contributed by atoms with van der Waals surface area (Å²) in [6, 6.07) is 18.3. The Morgan fingerprint density at radius 2 is 1.62 bits per heavy atom. The van der Waals surface area contributed by atoms with Gasteiger partial charge in [-0.15, -0.1) is 0 Å². The summed E-state index contributed by atoms with van der Waals surface area (Å²) in [6.45, 7) is 1.48. The third-order valence-corrected chi connectivity index (χ3v) is 5.37. The lowest BCUT2D eigenvalue weighted by Crippen LogP contribution is -2.17. The van der Waals surface area contributed by atoms with E-state index in [1.54, 1.807) is 24.3 Å². The van der Waals surface area contributed by atoms with Crippen molar-refractivity contribution in [2.24, 2.45) is 0 Å². The largest absolute Gasteiger partial charge is 0.375 e. The van der Waals surface area contributed by atoms with E-state index in [0.29, 0.717) is 24.7 Å². The van der Waals surface area contributed by atoms with Crippen LogP contribution in [0.2, 0.25) is 0 Å². The Kier molecular flexibility index (Phi) is 4.05. The van der Waals surface area contributed by atoms with Crippen LogP contribution in [0, 0.1) is 0 Å². The molecule has 0 radical (unpaired) electrons. The SMILES string of the molecule is O=S(=O)(c1ccccc1)N1CC1COCc1ccccc1. The summed E-state index contributed by atoms with van der Waals surface area (Å²) in [7, 11) is -3.36. The second kappa shape index (κ2) is 5.97. The van der Waals surface area contributed by atoms with Gasteiger partial charge in [0, 0.05) is 6.54 Å². The van der Waals surface area contributed by atoms with Crippen molar-refractivity contribution in [3.8, 4) is 0 Å². The first-order valence-corrected chi connectivity index (χ1v) is 8.30. The predicted octanol–water partition coefficient (Wildman–Crippen LogP) is 2.28. The topological polar surface area (TPSA) is 46.4 Å². The molecule has 0 spiro atoms. The molecule has 0 aromatic heterocycles. The lowest BCUT2D eigenvalue weighted by atomic mass is 10.2. The molecule has 1 saturated heterocycles. The van der Waals surface area contributed by atoms with Crippen molar-refractivity contribution < 1.29 is 13.2 Å². The Morgan fingerprint density at radius 1 is 1.00 bits per heavy atom. The van der Waals surface area contributed by atoms with Gasteiger partial charge in [-0.1, -0.05) is 48.5 Å². The lowest BCUT2D eigenvalue weighted by Gasteiger charge is -2.07. The van der Waals surface area contributed by atoms with Crippen molar-refractivity contribution in [1.29, 1.82) is 0 Å². The van der Waals surface area contributed by atoms with Gasteiger partial charge in [0.2, 0.25) is 10.0 Å². The summed E-state index contributed by atoms with van der Waals surface area (Å²) >= 11 is 0. The van der Waals surface area contributed by atoms with Crippen LogP contribution in [0.25, 0.3) is 0 Å². The van der Waals surface area contributed by atoms with Crippen molar-refractivity contribution in [3.05, 3.63) is 66.2 Å². The Hall–Kier alpha value is -1.69. The van der Waals surface area contributed by atoms with Gasteiger partial charge in [-0.05, 0) is 17.7 Å². The van der Waals surface area contributed by atoms with E-state index >= 15 is 0 Å². The average molecular weight is 303 g/mol. The van der Waals surface area contributed by atoms with Gasteiger partial charge in [0.05, 0.1) is 24.2 Å². The van der Waals surface area contributed by atoms with Gasteiger partial charge in [0.1, 0.15) is 0 Å². The molecule has 2 aromatic carbocycles. The fourth-order valence-electron chi connectivity index (χ4n) is 2.21. The first-order chi connectivity index (χ1) is 10.2. The maximum Gasteiger partial charge on any atom is 0.243 e. The maximum absolute atomic E-state index is 12.3. The summed E-state index contributed by atoms with van der Waals surface area (Å²) in [5.41, 5.74) is 1.09. The first kappa shape index (κ1) is 14.3. The minimum Gasteiger partial charge on any atom is -0.375 e. The smallest absolute Gasteiger partial charge is 0.243 e. The molecule has 0 bridgehead atoms. The molecule has 1 aliphatic heterocycles. The minimum atomic E-state index is -3.36. The molecule has 3 rings (SSSR count). The van der Waals surface area contributed by atoms with Gasteiger partial charge in [-0.3, -0.25) is 0 Å². The zero-order valence-corrected chi connectivity index (χ0v) is 12.4. The number of ether oxygens (including phenoxy) is 1. The van der Waals surface area contributed by atoms with Gasteiger partial charge in [0.25, 0.3) is 0 Å². The number of benzene rings is 2. The van der Waals surface area contributed by atoms with Crippen LogP contribution in [0.3, 0.4) is 0 Å². The number of rotatable bonds is 6. The summed E-state index contributed by atoms with van der Waals surface area (Å²) in [5.74, 6) is 0. The van der Waals surface area contributed by atoms with Crippen molar-refractivity contribution >= 4 is 10.0 Å². The van der Waals surface area contributed by atoms with Crippen LogP contribution in [0.1, 0.15) is 5.56 Å². The van der Waals surface area contributed by atoms with Crippen LogP contribution >= 0.6 is 0 Å². The molecule has 1 fully saturated rings. The molecule has 2 unspecified atom stereocenters. The molecule has 2 atom stereocenters. The Bertz CT molecular complexity index is 686. The molecule has 0 aliphatic carbocycles. The number of hydrogen-bond donors (Lipinski definition) is 0. The van der Waals surface area contributed by atoms with E-state index in [0.717, 1.165) is 5.56 Å². The molecule has 0 saturated carbocycles. The van der Waals surface area contributed by atoms with E-state index in [4.69, 9.17) is 4.74 Å². The second-order valence-electron chi connectivity index (χ2n) is 5.04. The summed E-state index contributed by atoms with van der Waals surface area (Å²) in [6.07, 6.45) is 0. The molecule has 0 N–H and O–H groups in total. The summed E-state index contributed by atoms with van der Waals surface area (Å²) in [4.78, 5) is 0.343. The highest BCUT2D eigenvalue weighted by Gasteiger charge is 2.44. The van der Waals surface area contributed by atoms with Crippen molar-refractivity contribution in [3.63, 3.8) is 0 Å². The lowest BCUT2D eigenvalue weighted by molar-refractivity contribution is 0.119. The minimum absolute atomic E-state index is 0.0427. The van der Waals surface area contributed by atoms with Gasteiger partial charge in [0.15, 0.2) is 0 Å². The number of hydrogen-bond acceptors (Lipinski definition) is 3. The third-order valence-electron chi connectivity index (χ3n) is 3.44. The highest BCUT2D eigenvalue weighted by molar-refractivity contribution is 7.89. The molecule has 5 heteroatoms. The number of nitrogens with zero attached hydrogens (tertiary/aromatic N) is 1. The van der Waals surface area contributed by atoms with Crippen LogP contribution in [0.4, 0.5) is 0 Å². The molecule has 4 nitrogen and oxygen atoms in total. The Labute approximate surface area is 125 Å². The average Bonchev–Trinajstić information content (AvgIpc) is 3.30. The van der Waals surface area contributed by atoms with E-state index in [-0.39, 0.29) is 6.04 Å². The second-order valence-corrected chi connectivity index (χ2v) is 6.93. The number of sulfonamides is 1. The maximum atomic E-state index is 12.3. The van der Waals surface area contributed by atoms with Gasteiger partial charge >= 0.3 is 0 Å². The van der Waals surface area contributed by atoms with E-state index in [9.17, 15) is 8.42 Å². The summed E-state index contributed by atoms with van der Waals surface area (Å²) < 4.78 is 31.7. The molecule has 1 aliphatic rings. The monoisotopic (exact) mass is 303 g/mol. The molecule has 0 amide bonds. The van der Waals surface area contributed by atoms with Crippen LogP contribution < -0.4 is 0 Å². The van der Waals surface area contributed by atoms with E-state index in [1.807, 2.05) is 36.4 Å². The van der Waals surface area contributed by atoms with E-state index in [1.165, 1.54) is 4.31 Å². The zero-order chi connectivity index (χ0) is 14.7. The van der Waals surface area contributed by atoms with Crippen molar-refractivity contribution in [1.82, 2.24) is 4.31 Å². The molecule has 110 valence electrons. The fraction of sp³-hybridized carbons (Fsp3) is 0.250. The molecular weight excluding hydrogens is 286 g/mol. The standard InChI is InChI=1S/C16H17NO3S/c18-21(19,16-9-5-2-6-10-16)17-11-15(17)13-20-12-14-7-3-1-4-8-14/h1-10,15H,11-13H2. The van der Waals surface area contributed by atoms with Crippen LogP contribution in [0.5, 0.6) is 0 Å². The van der Waals surface area contributed by atoms with Crippen LogP contribution in [-0.4, -0.2) is 31.9 Å². The highest BCUT2D eigenvalue weighted by atomic mass is 32.2. The van der Waals surface area contributed by atoms with Gasteiger partial charge < -0.3 is 4.74 Å². The Morgan fingerprint density at radius 3 is 2.29 bits per heavy atom. The highest BCUT2D eigenvalue weighted by Crippen LogP contribution is 2.28. The quantitative estimate of drug-likeness (QED) is 0.769. The third kappa shape index (κ3) is 3.32. The first-order valence-electron chi connectivity index (χ1n) is 6.86. The van der Waals surface area contributed by atoms with Crippen LogP contribution in [0.15, 0.2) is 65.6 Å². The normalized spacial score (nSPS) is 21.1.